The van der Waals surface area contributed by atoms with E-state index in [9.17, 15) is 8.42 Å². The smallest absolute Gasteiger partial charge is 0.213 e. The number of hydrogen-bond donors (Lipinski definition) is 2. The predicted molar refractivity (Wildman–Crippen MR) is 90.5 cm³/mol. The minimum Gasteiger partial charge on any atom is -0.375 e. The minimum atomic E-state index is -3.37. The first-order valence-electron chi connectivity index (χ1n) is 7.64. The van der Waals surface area contributed by atoms with Crippen LogP contribution in [-0.2, 0) is 21.3 Å². The van der Waals surface area contributed by atoms with Crippen LogP contribution in [0.3, 0.4) is 0 Å². The van der Waals surface area contributed by atoms with E-state index in [2.05, 4.69) is 9.71 Å². The van der Waals surface area contributed by atoms with E-state index in [4.69, 9.17) is 10.5 Å². The summed E-state index contributed by atoms with van der Waals surface area (Å²) in [5.74, 6) is 0.291. The Hall–Kier alpha value is -1.64. The first kappa shape index (κ1) is 17.7. The normalized spacial score (nSPS) is 19.8. The molecule has 0 bridgehead atoms. The van der Waals surface area contributed by atoms with Gasteiger partial charge in [0.1, 0.15) is 0 Å². The van der Waals surface area contributed by atoms with Gasteiger partial charge in [-0.25, -0.2) is 13.1 Å². The van der Waals surface area contributed by atoms with Crippen molar-refractivity contribution >= 4 is 16.0 Å². The fourth-order valence-corrected chi connectivity index (χ4v) is 3.13. The van der Waals surface area contributed by atoms with E-state index in [0.717, 1.165) is 5.56 Å². The Labute approximate surface area is 137 Å². The second-order valence-electron chi connectivity index (χ2n) is 5.49. The van der Waals surface area contributed by atoms with Crippen LogP contribution in [0, 0.1) is 0 Å². The number of ether oxygens (including phenoxy) is 1. The molecular weight excluding hydrogens is 316 g/mol. The maximum absolute atomic E-state index is 12.0. The lowest BCUT2D eigenvalue weighted by Crippen LogP contribution is -2.48. The van der Waals surface area contributed by atoms with Gasteiger partial charge in [0.05, 0.1) is 25.0 Å². The number of aliphatic imine (C=N–C) groups is 1. The van der Waals surface area contributed by atoms with Crippen molar-refractivity contribution in [2.24, 2.45) is 10.7 Å². The molecule has 1 heterocycles. The molecule has 2 rings (SSSR count). The van der Waals surface area contributed by atoms with Crippen LogP contribution in [0.25, 0.3) is 0 Å². The van der Waals surface area contributed by atoms with E-state index in [0.29, 0.717) is 25.7 Å². The molecule has 23 heavy (non-hydrogen) atoms. The number of hydrogen-bond acceptors (Lipinski definition) is 4. The fraction of sp³-hybridized carbons (Fsp3) is 0.533. The number of rotatable bonds is 6. The van der Waals surface area contributed by atoms with Crippen molar-refractivity contribution in [1.82, 2.24) is 9.62 Å². The van der Waals surface area contributed by atoms with Crippen molar-refractivity contribution in [3.63, 3.8) is 0 Å². The molecule has 0 saturated carbocycles. The van der Waals surface area contributed by atoms with Crippen LogP contribution in [0.2, 0.25) is 0 Å². The first-order valence-corrected chi connectivity index (χ1v) is 9.29. The molecule has 1 aromatic rings. The fourth-order valence-electron chi connectivity index (χ4n) is 2.27. The lowest BCUT2D eigenvalue weighted by Gasteiger charge is -2.31. The highest BCUT2D eigenvalue weighted by atomic mass is 32.2. The maximum atomic E-state index is 12.0. The van der Waals surface area contributed by atoms with E-state index in [1.807, 2.05) is 42.2 Å². The lowest BCUT2D eigenvalue weighted by atomic mass is 10.2. The summed E-state index contributed by atoms with van der Waals surface area (Å²) in [6, 6.07) is 9.38. The number of nitrogens with zero attached hydrogens (tertiary/aromatic N) is 2. The van der Waals surface area contributed by atoms with Crippen molar-refractivity contribution in [1.29, 1.82) is 0 Å². The first-order chi connectivity index (χ1) is 11.0. The molecule has 0 spiro atoms. The molecule has 0 amide bonds. The molecule has 1 atom stereocenters. The van der Waals surface area contributed by atoms with Gasteiger partial charge in [0, 0.05) is 19.6 Å². The van der Waals surface area contributed by atoms with Crippen LogP contribution >= 0.6 is 0 Å². The van der Waals surface area contributed by atoms with Gasteiger partial charge in [-0.15, -0.1) is 0 Å². The second-order valence-corrected chi connectivity index (χ2v) is 7.42. The average Bonchev–Trinajstić information content (AvgIpc) is 2.54. The van der Waals surface area contributed by atoms with E-state index in [1.165, 1.54) is 0 Å². The van der Waals surface area contributed by atoms with E-state index in [-0.39, 0.29) is 24.9 Å². The number of nitrogens with two attached hydrogens (primary N) is 1. The summed E-state index contributed by atoms with van der Waals surface area (Å²) < 4.78 is 31.9. The quantitative estimate of drug-likeness (QED) is 0.567. The monoisotopic (exact) mass is 340 g/mol. The van der Waals surface area contributed by atoms with Crippen LogP contribution in [0.4, 0.5) is 0 Å². The summed E-state index contributed by atoms with van der Waals surface area (Å²) >= 11 is 0. The van der Waals surface area contributed by atoms with E-state index >= 15 is 0 Å². The molecule has 1 saturated heterocycles. The highest BCUT2D eigenvalue weighted by molar-refractivity contribution is 7.89. The zero-order valence-corrected chi connectivity index (χ0v) is 14.1. The molecule has 0 aromatic heterocycles. The van der Waals surface area contributed by atoms with Crippen LogP contribution in [0.15, 0.2) is 35.3 Å². The molecule has 1 aliphatic rings. The third kappa shape index (κ3) is 6.17. The SMILES string of the molecule is CC1CN(C(N)=NCCS(=O)(=O)NCc2ccccc2)CCO1. The zero-order chi connectivity index (χ0) is 16.7. The Bertz CT molecular complexity index is 619. The lowest BCUT2D eigenvalue weighted by molar-refractivity contribution is 0.00531. The number of sulfonamides is 1. The summed E-state index contributed by atoms with van der Waals surface area (Å²) in [5.41, 5.74) is 6.83. The molecule has 0 radical (unpaired) electrons. The van der Waals surface area contributed by atoms with Gasteiger partial charge in [0.25, 0.3) is 0 Å². The number of guanidine groups is 1. The number of benzene rings is 1. The number of nitrogens with one attached hydrogen (secondary N) is 1. The average molecular weight is 340 g/mol. The Kier molecular flexibility index (Phi) is 6.37. The highest BCUT2D eigenvalue weighted by Gasteiger charge is 2.18. The summed E-state index contributed by atoms with van der Waals surface area (Å²) in [6.45, 7) is 4.35. The Morgan fingerprint density at radius 1 is 1.43 bits per heavy atom. The van der Waals surface area contributed by atoms with Gasteiger partial charge < -0.3 is 15.4 Å². The predicted octanol–water partition coefficient (Wildman–Crippen LogP) is 0.141. The van der Waals surface area contributed by atoms with Gasteiger partial charge >= 0.3 is 0 Å². The van der Waals surface area contributed by atoms with E-state index in [1.54, 1.807) is 0 Å². The standard InChI is InChI=1S/C15H24N4O3S/c1-13-12-19(8-9-22-13)15(16)17-7-10-23(20,21)18-11-14-5-3-2-4-6-14/h2-6,13,18H,7-12H2,1H3,(H2,16,17). The molecule has 7 nitrogen and oxygen atoms in total. The highest BCUT2D eigenvalue weighted by Crippen LogP contribution is 2.04. The third-order valence-corrected chi connectivity index (χ3v) is 4.84. The van der Waals surface area contributed by atoms with E-state index < -0.39 is 10.0 Å². The molecule has 1 unspecified atom stereocenters. The molecular formula is C15H24N4O3S. The topological polar surface area (TPSA) is 97.0 Å². The Morgan fingerprint density at radius 2 is 2.17 bits per heavy atom. The molecule has 3 N–H and O–H groups in total. The van der Waals surface area contributed by atoms with Crippen LogP contribution in [0.1, 0.15) is 12.5 Å². The van der Waals surface area contributed by atoms with Gasteiger partial charge in [0.2, 0.25) is 10.0 Å². The molecule has 128 valence electrons. The second kappa shape index (κ2) is 8.28. The van der Waals surface area contributed by atoms with Gasteiger partial charge in [0.15, 0.2) is 5.96 Å². The Morgan fingerprint density at radius 3 is 2.87 bits per heavy atom. The van der Waals surface area contributed by atoms with Crippen LogP contribution < -0.4 is 10.5 Å². The molecule has 8 heteroatoms. The van der Waals surface area contributed by atoms with Crippen molar-refractivity contribution in [3.05, 3.63) is 35.9 Å². The van der Waals surface area contributed by atoms with Crippen molar-refractivity contribution in [2.75, 3.05) is 32.0 Å². The molecule has 0 aliphatic carbocycles. The number of morpholine rings is 1. The maximum Gasteiger partial charge on any atom is 0.213 e. The van der Waals surface area contributed by atoms with Crippen molar-refractivity contribution < 1.29 is 13.2 Å². The van der Waals surface area contributed by atoms with Gasteiger partial charge in [-0.05, 0) is 12.5 Å². The van der Waals surface area contributed by atoms with Crippen molar-refractivity contribution in [2.45, 2.75) is 19.6 Å². The summed E-state index contributed by atoms with van der Waals surface area (Å²) in [6.07, 6.45) is 0.105. The van der Waals surface area contributed by atoms with Crippen LogP contribution in [-0.4, -0.2) is 57.4 Å². The largest absolute Gasteiger partial charge is 0.375 e. The zero-order valence-electron chi connectivity index (χ0n) is 13.3. The minimum absolute atomic E-state index is 0.0829. The molecule has 1 fully saturated rings. The Balaban J connectivity index is 1.78. The van der Waals surface area contributed by atoms with Gasteiger partial charge in [-0.2, -0.15) is 0 Å². The van der Waals surface area contributed by atoms with Crippen molar-refractivity contribution in [3.8, 4) is 0 Å². The summed E-state index contributed by atoms with van der Waals surface area (Å²) in [7, 11) is -3.37. The van der Waals surface area contributed by atoms with Crippen LogP contribution in [0.5, 0.6) is 0 Å². The van der Waals surface area contributed by atoms with Gasteiger partial charge in [-0.1, -0.05) is 30.3 Å². The molecule has 1 aromatic carbocycles. The van der Waals surface area contributed by atoms with Gasteiger partial charge in [-0.3, -0.25) is 4.99 Å². The third-order valence-electron chi connectivity index (χ3n) is 3.54. The summed E-state index contributed by atoms with van der Waals surface area (Å²) in [5, 5.41) is 0. The molecule has 1 aliphatic heterocycles. The summed E-state index contributed by atoms with van der Waals surface area (Å²) in [4.78, 5) is 6.08.